The van der Waals surface area contributed by atoms with Crippen molar-refractivity contribution in [2.45, 2.75) is 19.4 Å². The highest BCUT2D eigenvalue weighted by molar-refractivity contribution is 5.96. The van der Waals surface area contributed by atoms with Crippen molar-refractivity contribution >= 4 is 11.6 Å². The average Bonchev–Trinajstić information content (AvgIpc) is 2.83. The van der Waals surface area contributed by atoms with Crippen molar-refractivity contribution < 1.29 is 9.53 Å². The van der Waals surface area contributed by atoms with E-state index >= 15 is 0 Å². The number of hydrogen-bond acceptors (Lipinski definition) is 3. The van der Waals surface area contributed by atoms with Crippen LogP contribution >= 0.6 is 0 Å². The van der Waals surface area contributed by atoms with Crippen LogP contribution in [0, 0.1) is 17.2 Å². The van der Waals surface area contributed by atoms with Crippen LogP contribution in [-0.2, 0) is 9.53 Å². The van der Waals surface area contributed by atoms with Gasteiger partial charge in [0.2, 0.25) is 5.91 Å². The van der Waals surface area contributed by atoms with Crippen LogP contribution in [0.25, 0.3) is 0 Å². The molecule has 0 radical (unpaired) electrons. The SMILES string of the molecule is CC1CC(C(=O)N(C)c2ccccc2C#N)CO1. The fourth-order valence-corrected chi connectivity index (χ4v) is 2.24. The first-order valence-corrected chi connectivity index (χ1v) is 6.01. The smallest absolute Gasteiger partial charge is 0.232 e. The third kappa shape index (κ3) is 2.36. The summed E-state index contributed by atoms with van der Waals surface area (Å²) in [6, 6.07) is 9.23. The maximum Gasteiger partial charge on any atom is 0.232 e. The van der Waals surface area contributed by atoms with Gasteiger partial charge in [-0.2, -0.15) is 5.26 Å². The molecule has 1 amide bonds. The summed E-state index contributed by atoms with van der Waals surface area (Å²) in [6.45, 7) is 2.44. The second kappa shape index (κ2) is 5.19. The van der Waals surface area contributed by atoms with Crippen LogP contribution in [0.5, 0.6) is 0 Å². The van der Waals surface area contributed by atoms with Crippen LogP contribution in [0.3, 0.4) is 0 Å². The Kier molecular flexibility index (Phi) is 3.63. The molecule has 0 aromatic heterocycles. The Labute approximate surface area is 107 Å². The van der Waals surface area contributed by atoms with Crippen molar-refractivity contribution in [3.63, 3.8) is 0 Å². The molecule has 2 unspecified atom stereocenters. The van der Waals surface area contributed by atoms with Gasteiger partial charge in [0.25, 0.3) is 0 Å². The number of benzene rings is 1. The molecule has 0 spiro atoms. The molecular formula is C14H16N2O2. The summed E-state index contributed by atoms with van der Waals surface area (Å²) in [5, 5.41) is 9.04. The van der Waals surface area contributed by atoms with Crippen molar-refractivity contribution in [3.05, 3.63) is 29.8 Å². The van der Waals surface area contributed by atoms with E-state index in [1.54, 1.807) is 30.1 Å². The lowest BCUT2D eigenvalue weighted by Crippen LogP contribution is -2.33. The van der Waals surface area contributed by atoms with Gasteiger partial charge in [0.15, 0.2) is 0 Å². The largest absolute Gasteiger partial charge is 0.378 e. The van der Waals surface area contributed by atoms with E-state index in [1.165, 1.54) is 0 Å². The molecule has 1 aromatic rings. The van der Waals surface area contributed by atoms with E-state index in [0.29, 0.717) is 17.9 Å². The number of ether oxygens (including phenoxy) is 1. The molecule has 1 heterocycles. The topological polar surface area (TPSA) is 53.3 Å². The van der Waals surface area contributed by atoms with Gasteiger partial charge in [-0.3, -0.25) is 4.79 Å². The molecule has 0 bridgehead atoms. The Balaban J connectivity index is 2.18. The van der Waals surface area contributed by atoms with Gasteiger partial charge >= 0.3 is 0 Å². The molecular weight excluding hydrogens is 228 g/mol. The number of amides is 1. The molecule has 2 rings (SSSR count). The highest BCUT2D eigenvalue weighted by Gasteiger charge is 2.31. The first kappa shape index (κ1) is 12.6. The van der Waals surface area contributed by atoms with Crippen LogP contribution in [0.2, 0.25) is 0 Å². The van der Waals surface area contributed by atoms with E-state index in [4.69, 9.17) is 10.00 Å². The summed E-state index contributed by atoms with van der Waals surface area (Å²) in [4.78, 5) is 13.9. The lowest BCUT2D eigenvalue weighted by molar-refractivity contribution is -0.122. The van der Waals surface area contributed by atoms with Gasteiger partial charge in [-0.25, -0.2) is 0 Å². The molecule has 2 atom stereocenters. The first-order chi connectivity index (χ1) is 8.63. The Hall–Kier alpha value is -1.86. The Morgan fingerprint density at radius 2 is 2.22 bits per heavy atom. The van der Waals surface area contributed by atoms with E-state index in [9.17, 15) is 4.79 Å². The molecule has 1 aliphatic heterocycles. The van der Waals surface area contributed by atoms with E-state index in [-0.39, 0.29) is 17.9 Å². The van der Waals surface area contributed by atoms with Crippen molar-refractivity contribution in [1.82, 2.24) is 0 Å². The number of carbonyl (C=O) groups excluding carboxylic acids is 1. The fourth-order valence-electron chi connectivity index (χ4n) is 2.24. The molecule has 18 heavy (non-hydrogen) atoms. The second-order valence-corrected chi connectivity index (χ2v) is 4.60. The van der Waals surface area contributed by atoms with Gasteiger partial charge in [0, 0.05) is 7.05 Å². The number of hydrogen-bond donors (Lipinski definition) is 0. The molecule has 0 aliphatic carbocycles. The van der Waals surface area contributed by atoms with Gasteiger partial charge in [-0.15, -0.1) is 0 Å². The number of para-hydroxylation sites is 1. The monoisotopic (exact) mass is 244 g/mol. The summed E-state index contributed by atoms with van der Waals surface area (Å²) < 4.78 is 5.42. The molecule has 1 fully saturated rings. The highest BCUT2D eigenvalue weighted by Crippen LogP contribution is 2.25. The summed E-state index contributed by atoms with van der Waals surface area (Å²) in [7, 11) is 1.71. The maximum atomic E-state index is 12.3. The molecule has 4 nitrogen and oxygen atoms in total. The second-order valence-electron chi connectivity index (χ2n) is 4.60. The number of nitrogens with zero attached hydrogens (tertiary/aromatic N) is 2. The van der Waals surface area contributed by atoms with E-state index in [0.717, 1.165) is 6.42 Å². The zero-order valence-corrected chi connectivity index (χ0v) is 10.6. The Morgan fingerprint density at radius 3 is 2.83 bits per heavy atom. The quantitative estimate of drug-likeness (QED) is 0.799. The summed E-state index contributed by atoms with van der Waals surface area (Å²) >= 11 is 0. The van der Waals surface area contributed by atoms with E-state index in [1.807, 2.05) is 13.0 Å². The lowest BCUT2D eigenvalue weighted by Gasteiger charge is -2.21. The Bertz CT molecular complexity index is 493. The van der Waals surface area contributed by atoms with E-state index in [2.05, 4.69) is 6.07 Å². The van der Waals surface area contributed by atoms with Gasteiger partial charge < -0.3 is 9.64 Å². The zero-order chi connectivity index (χ0) is 13.1. The minimum Gasteiger partial charge on any atom is -0.378 e. The van der Waals surface area contributed by atoms with Crippen molar-refractivity contribution in [1.29, 1.82) is 5.26 Å². The summed E-state index contributed by atoms with van der Waals surface area (Å²) in [6.07, 6.45) is 0.885. The predicted molar refractivity (Wildman–Crippen MR) is 68.1 cm³/mol. The minimum atomic E-state index is -0.100. The first-order valence-electron chi connectivity index (χ1n) is 6.01. The molecule has 0 saturated carbocycles. The molecule has 1 aliphatic rings. The van der Waals surface area contributed by atoms with Crippen LogP contribution in [-0.4, -0.2) is 25.7 Å². The normalized spacial score (nSPS) is 22.5. The number of nitriles is 1. The predicted octanol–water partition coefficient (Wildman–Crippen LogP) is 1.95. The van der Waals surface area contributed by atoms with Gasteiger partial charge in [-0.05, 0) is 25.5 Å². The van der Waals surface area contributed by atoms with Crippen molar-refractivity contribution in [2.75, 3.05) is 18.6 Å². The summed E-state index contributed by atoms with van der Waals surface area (Å²) in [5.74, 6) is -0.0844. The number of anilines is 1. The molecule has 1 saturated heterocycles. The van der Waals surface area contributed by atoms with Crippen molar-refractivity contribution in [3.8, 4) is 6.07 Å². The van der Waals surface area contributed by atoms with E-state index < -0.39 is 0 Å². The molecule has 4 heteroatoms. The highest BCUT2D eigenvalue weighted by atomic mass is 16.5. The zero-order valence-electron chi connectivity index (χ0n) is 10.6. The van der Waals surface area contributed by atoms with Gasteiger partial charge in [-0.1, -0.05) is 12.1 Å². The average molecular weight is 244 g/mol. The van der Waals surface area contributed by atoms with Gasteiger partial charge in [0.1, 0.15) is 6.07 Å². The van der Waals surface area contributed by atoms with Crippen LogP contribution in [0.15, 0.2) is 24.3 Å². The Morgan fingerprint density at radius 1 is 1.50 bits per heavy atom. The minimum absolute atomic E-state index is 0.0158. The van der Waals surface area contributed by atoms with Crippen LogP contribution < -0.4 is 4.90 Å². The fraction of sp³-hybridized carbons (Fsp3) is 0.429. The molecule has 94 valence electrons. The standard InChI is InChI=1S/C14H16N2O2/c1-10-7-12(9-18-10)14(17)16(2)13-6-4-3-5-11(13)8-15/h3-6,10,12H,7,9H2,1-2H3. The van der Waals surface area contributed by atoms with Crippen LogP contribution in [0.1, 0.15) is 18.9 Å². The number of rotatable bonds is 2. The van der Waals surface area contributed by atoms with Gasteiger partial charge in [0.05, 0.1) is 29.9 Å². The third-order valence-electron chi connectivity index (χ3n) is 3.26. The lowest BCUT2D eigenvalue weighted by atomic mass is 10.0. The number of carbonyl (C=O) groups is 1. The molecule has 1 aromatic carbocycles. The maximum absolute atomic E-state index is 12.3. The van der Waals surface area contributed by atoms with Crippen molar-refractivity contribution in [2.24, 2.45) is 5.92 Å². The summed E-state index contributed by atoms with van der Waals surface area (Å²) in [5.41, 5.74) is 1.17. The molecule has 0 N–H and O–H groups in total. The third-order valence-corrected chi connectivity index (χ3v) is 3.26. The van der Waals surface area contributed by atoms with Crippen LogP contribution in [0.4, 0.5) is 5.69 Å².